The van der Waals surface area contributed by atoms with E-state index >= 15 is 0 Å². The number of hydrogen-bond donors (Lipinski definition) is 0. The number of ether oxygens (including phenoxy) is 4. The molecule has 2 atom stereocenters. The second-order valence-electron chi connectivity index (χ2n) is 24.7. The van der Waals surface area contributed by atoms with Gasteiger partial charge in [-0.3, -0.25) is 18.7 Å². The van der Waals surface area contributed by atoms with Crippen LogP contribution in [0.1, 0.15) is 95.2 Å². The van der Waals surface area contributed by atoms with Gasteiger partial charge in [0.05, 0.1) is 107 Å². The molecule has 0 aliphatic carbocycles. The quantitative estimate of drug-likeness (QED) is 0.0615. The number of nitrogens with zero attached hydrogens (tertiary/aromatic N) is 14. The average molecular weight is 1410 g/mol. The molecular formula is C70H81BrN14O6Sn. The Labute approximate surface area is 547 Å². The van der Waals surface area contributed by atoms with E-state index in [9.17, 15) is 9.59 Å². The first-order chi connectivity index (χ1) is 44.8. The number of hydrogen-bond acceptors (Lipinski definition) is 14. The Bertz CT molecular complexity index is 4670. The Balaban J connectivity index is 0.000000141. The number of aromatic nitrogens is 14. The number of aryl methyl sites for hydroxylation is 4. The molecule has 12 aromatic rings. The van der Waals surface area contributed by atoms with Crippen LogP contribution in [-0.2, 0) is 36.7 Å². The fraction of sp³-hybridized carbons (Fsp3) is 0.400. The maximum absolute atomic E-state index is 13.6. The topological polar surface area (TPSA) is 203 Å². The number of imidazole rings is 2. The number of fused-ring (bicyclic) bond motifs is 8. The van der Waals surface area contributed by atoms with Gasteiger partial charge in [-0.05, 0) is 81.3 Å². The molecule has 4 aromatic carbocycles. The van der Waals surface area contributed by atoms with Crippen molar-refractivity contribution < 1.29 is 18.9 Å². The maximum Gasteiger partial charge on any atom is 0.262 e. The molecule has 0 amide bonds. The molecule has 0 N–H and O–H groups in total. The van der Waals surface area contributed by atoms with Gasteiger partial charge in [-0.2, -0.15) is 20.2 Å². The van der Waals surface area contributed by atoms with Crippen LogP contribution in [0.15, 0.2) is 136 Å². The maximum atomic E-state index is 13.6. The summed E-state index contributed by atoms with van der Waals surface area (Å²) in [6.07, 6.45) is 18.3. The Morgan fingerprint density at radius 1 is 0.576 bits per heavy atom. The summed E-state index contributed by atoms with van der Waals surface area (Å²) in [5.41, 5.74) is 7.70. The van der Waals surface area contributed by atoms with Crippen molar-refractivity contribution in [1.82, 2.24) is 67.4 Å². The number of para-hydroxylation sites is 2. The molecule has 20 nitrogen and oxygen atoms in total. The Morgan fingerprint density at radius 2 is 1.07 bits per heavy atom. The van der Waals surface area contributed by atoms with Crippen molar-refractivity contribution in [2.24, 2.45) is 25.9 Å². The number of rotatable bonds is 21. The molecule has 14 rings (SSSR count). The SMILES string of the molecule is CCC[CH2][Sn]([CH2]CCC)([CH2]CCC)[c]1cn(C)cn1.Cc1cc2n(Cc3nc(OCC4CCOC4)c4cc(-c5cn(C)cn5)ccc4n3)c(=O)c3ccccc3n2n1.Cc1cc2n(Cc3nc(OCC4CCOC4)c4cc(Br)ccc4n3)c(=O)c3ccccc3n2n1. The monoisotopic (exact) mass is 1410 g/mol. The van der Waals surface area contributed by atoms with Gasteiger partial charge in [0, 0.05) is 60.5 Å². The van der Waals surface area contributed by atoms with Crippen molar-refractivity contribution in [3.05, 3.63) is 170 Å². The van der Waals surface area contributed by atoms with Crippen LogP contribution in [0.25, 0.3) is 66.2 Å². The van der Waals surface area contributed by atoms with Crippen LogP contribution in [0.2, 0.25) is 13.3 Å². The summed E-state index contributed by atoms with van der Waals surface area (Å²) >= 11 is 1.33. The van der Waals surface area contributed by atoms with Crippen LogP contribution in [0.5, 0.6) is 11.8 Å². The summed E-state index contributed by atoms with van der Waals surface area (Å²) in [7, 11) is 4.06. The molecule has 0 radical (unpaired) electrons. The van der Waals surface area contributed by atoms with Gasteiger partial charge in [0.15, 0.2) is 11.6 Å². The molecule has 92 heavy (non-hydrogen) atoms. The smallest absolute Gasteiger partial charge is 0.262 e. The van der Waals surface area contributed by atoms with Gasteiger partial charge in [0.2, 0.25) is 11.8 Å². The summed E-state index contributed by atoms with van der Waals surface area (Å²) in [6, 6.07) is 30.6. The zero-order chi connectivity index (χ0) is 63.9. The Hall–Kier alpha value is -7.86. The minimum atomic E-state index is -2.21. The van der Waals surface area contributed by atoms with Gasteiger partial charge in [-0.25, -0.2) is 24.0 Å². The van der Waals surface area contributed by atoms with E-state index in [0.29, 0.717) is 83.7 Å². The van der Waals surface area contributed by atoms with Crippen LogP contribution in [-0.4, -0.2) is 125 Å². The van der Waals surface area contributed by atoms with Crippen molar-refractivity contribution in [2.45, 2.75) is 112 Å². The summed E-state index contributed by atoms with van der Waals surface area (Å²) in [5, 5.41) is 12.1. The minimum Gasteiger partial charge on any atom is -0.477 e. The van der Waals surface area contributed by atoms with Crippen molar-refractivity contribution in [3.8, 4) is 23.0 Å². The van der Waals surface area contributed by atoms with E-state index in [-0.39, 0.29) is 24.2 Å². The number of halogens is 1. The van der Waals surface area contributed by atoms with Gasteiger partial charge in [-0.15, -0.1) is 0 Å². The fourth-order valence-electron chi connectivity index (χ4n) is 12.6. The summed E-state index contributed by atoms with van der Waals surface area (Å²) < 4.78 is 41.6. The molecule has 2 fully saturated rings. The second-order valence-corrected chi connectivity index (χ2v) is 38.7. The first kappa shape index (κ1) is 64.3. The van der Waals surface area contributed by atoms with Crippen molar-refractivity contribution in [2.75, 3.05) is 39.6 Å². The molecule has 10 heterocycles. The van der Waals surface area contributed by atoms with E-state index in [1.54, 1.807) is 19.2 Å². The van der Waals surface area contributed by atoms with E-state index in [2.05, 4.69) is 69.7 Å². The standard InChI is InChI=1S/C29H27N7O3.C25H22BrN5O3.C4H5N2.3C4H9.Sn/c1-18-11-27-35(29(37)21-5-3-4-6-25(21)36(27)33-18)14-26-31-23-8-7-20(24-13-34(2)17-30-24)12-22(23)28(32-26)39-16-19-9-10-38-15-19;1-15-10-23-30(25(32)18-4-2-3-5-21(18)31(23)29-15)12-22-27-20-7-6-17(26)11-19(20)24(28-22)34-14-16-8-9-33-13-16;1-6-3-2-5-4-6;3*1-3-4-2;/h3-8,11-13,17,19H,9-10,14-16H2,1-2H3;2-7,10-11,16H,8-9,12-14H2,1H3;3-4H,1H3;3*1,3-4H2,2H3;. The Morgan fingerprint density at radius 3 is 1.53 bits per heavy atom. The average Bonchev–Trinajstić information content (AvgIpc) is 1.46. The molecule has 0 saturated carbocycles. The van der Waals surface area contributed by atoms with E-state index in [1.165, 1.54) is 51.8 Å². The van der Waals surface area contributed by atoms with E-state index in [4.69, 9.17) is 43.9 Å². The molecule has 22 heteroatoms. The third kappa shape index (κ3) is 14.2. The van der Waals surface area contributed by atoms with Gasteiger partial charge in [0.1, 0.15) is 11.3 Å². The summed E-state index contributed by atoms with van der Waals surface area (Å²) in [5.74, 6) is 2.67. The van der Waals surface area contributed by atoms with Gasteiger partial charge in [0.25, 0.3) is 11.1 Å². The van der Waals surface area contributed by atoms with Gasteiger partial charge < -0.3 is 23.5 Å². The molecule has 8 aromatic heterocycles. The normalized spacial score (nSPS) is 15.0. The molecule has 2 aliphatic rings. The number of benzene rings is 4. The van der Waals surface area contributed by atoms with Crippen LogP contribution in [0.4, 0.5) is 0 Å². The van der Waals surface area contributed by atoms with Crippen molar-refractivity contribution in [3.63, 3.8) is 0 Å². The van der Waals surface area contributed by atoms with E-state index in [1.807, 2.05) is 144 Å². The van der Waals surface area contributed by atoms with Crippen LogP contribution < -0.4 is 24.3 Å². The van der Waals surface area contributed by atoms with Crippen molar-refractivity contribution >= 4 is 92.9 Å². The second kappa shape index (κ2) is 29.0. The fourth-order valence-corrected chi connectivity index (χ4v) is 28.5. The minimum absolute atomic E-state index is 0.104. The molecule has 2 aliphatic heterocycles. The third-order valence-corrected chi connectivity index (χ3v) is 33.2. The van der Waals surface area contributed by atoms with Gasteiger partial charge >= 0.3 is 124 Å². The number of unbranched alkanes of at least 4 members (excludes halogenated alkanes) is 3. The third-order valence-electron chi connectivity index (χ3n) is 17.6. The summed E-state index contributed by atoms with van der Waals surface area (Å²) in [4.78, 5) is 55.6. The predicted molar refractivity (Wildman–Crippen MR) is 367 cm³/mol. The molecular weight excluding hydrogens is 1330 g/mol. The van der Waals surface area contributed by atoms with Crippen molar-refractivity contribution in [1.29, 1.82) is 0 Å². The summed E-state index contributed by atoms with van der Waals surface area (Å²) in [6.45, 7) is 15.1. The zero-order valence-electron chi connectivity index (χ0n) is 53.7. The molecule has 0 bridgehead atoms. The molecule has 0 spiro atoms. The van der Waals surface area contributed by atoms with Crippen LogP contribution in [0, 0.1) is 25.7 Å². The van der Waals surface area contributed by atoms with Gasteiger partial charge in [-0.1, -0.05) is 46.3 Å². The molecule has 2 unspecified atom stereocenters. The molecule has 478 valence electrons. The van der Waals surface area contributed by atoms with E-state index in [0.717, 1.165) is 86.0 Å². The zero-order valence-corrected chi connectivity index (χ0v) is 58.2. The molecule has 2 saturated heterocycles. The largest absolute Gasteiger partial charge is 0.477 e. The predicted octanol–water partition coefficient (Wildman–Crippen LogP) is 12.4. The van der Waals surface area contributed by atoms with E-state index < -0.39 is 18.4 Å². The first-order valence-electron chi connectivity index (χ1n) is 32.4. The first-order valence-corrected chi connectivity index (χ1v) is 40.7. The van der Waals surface area contributed by atoms with Crippen LogP contribution >= 0.6 is 15.9 Å². The van der Waals surface area contributed by atoms with Crippen LogP contribution in [0.3, 0.4) is 0 Å². The Kier molecular flexibility index (Phi) is 20.2.